The van der Waals surface area contributed by atoms with E-state index in [2.05, 4.69) is 4.98 Å². The van der Waals surface area contributed by atoms with Crippen LogP contribution in [0.4, 0.5) is 11.5 Å². The summed E-state index contributed by atoms with van der Waals surface area (Å²) in [6.45, 7) is 3.46. The summed E-state index contributed by atoms with van der Waals surface area (Å²) in [5.74, 6) is 1.04. The Kier molecular flexibility index (Phi) is 4.97. The molecule has 0 radical (unpaired) electrons. The van der Waals surface area contributed by atoms with Gasteiger partial charge in [0.2, 0.25) is 0 Å². The standard InChI is InChI=1S/C21H25N5O3/c1-3-21-13-29-10-9-26(21)19-16(25(2)20(21)28)12-23-18(24-19)15(11-22)17(27)14-7-5-4-6-8-14/h4-8,12,27H,3,9-11,13,22H2,1-2H3/b17-15+. The van der Waals surface area contributed by atoms with Crippen molar-refractivity contribution in [2.75, 3.05) is 43.2 Å². The fourth-order valence-corrected chi connectivity index (χ4v) is 4.05. The maximum atomic E-state index is 13.1. The number of nitrogens with two attached hydrogens (primary N) is 1. The third kappa shape index (κ3) is 2.95. The molecular weight excluding hydrogens is 370 g/mol. The summed E-state index contributed by atoms with van der Waals surface area (Å²) in [5.41, 5.74) is 6.92. The van der Waals surface area contributed by atoms with Crippen LogP contribution in [0.5, 0.6) is 0 Å². The van der Waals surface area contributed by atoms with Crippen molar-refractivity contribution in [3.8, 4) is 0 Å². The summed E-state index contributed by atoms with van der Waals surface area (Å²) >= 11 is 0. The van der Waals surface area contributed by atoms with E-state index in [4.69, 9.17) is 15.5 Å². The lowest BCUT2D eigenvalue weighted by atomic mass is 9.89. The van der Waals surface area contributed by atoms with Crippen molar-refractivity contribution < 1.29 is 14.6 Å². The second kappa shape index (κ2) is 7.46. The van der Waals surface area contributed by atoms with Gasteiger partial charge in [0.1, 0.15) is 17.0 Å². The Morgan fingerprint density at radius 3 is 2.79 bits per heavy atom. The van der Waals surface area contributed by atoms with Crippen LogP contribution in [0.2, 0.25) is 0 Å². The van der Waals surface area contributed by atoms with Gasteiger partial charge in [-0.2, -0.15) is 0 Å². The van der Waals surface area contributed by atoms with Crippen LogP contribution in [-0.4, -0.2) is 59.9 Å². The highest BCUT2D eigenvalue weighted by atomic mass is 16.5. The minimum absolute atomic E-state index is 0.0229. The average Bonchev–Trinajstić information content (AvgIpc) is 2.78. The van der Waals surface area contributed by atoms with Gasteiger partial charge < -0.3 is 25.4 Å². The summed E-state index contributed by atoms with van der Waals surface area (Å²) in [6.07, 6.45) is 2.22. The number of morpholine rings is 1. The summed E-state index contributed by atoms with van der Waals surface area (Å²) in [7, 11) is 1.73. The molecule has 152 valence electrons. The highest BCUT2D eigenvalue weighted by molar-refractivity contribution is 6.07. The molecule has 0 aliphatic carbocycles. The molecule has 2 aliphatic rings. The van der Waals surface area contributed by atoms with Crippen LogP contribution in [0.15, 0.2) is 36.5 Å². The van der Waals surface area contributed by atoms with Gasteiger partial charge in [-0.15, -0.1) is 0 Å². The van der Waals surface area contributed by atoms with E-state index in [0.717, 1.165) is 0 Å². The Balaban J connectivity index is 1.86. The monoisotopic (exact) mass is 395 g/mol. The smallest absolute Gasteiger partial charge is 0.255 e. The SMILES string of the molecule is CCC12COCCN1c1nc(/C(CN)=C(/O)c3ccccc3)ncc1N(C)C2=O. The van der Waals surface area contributed by atoms with E-state index in [9.17, 15) is 9.90 Å². The van der Waals surface area contributed by atoms with Crippen molar-refractivity contribution in [3.05, 3.63) is 47.9 Å². The molecule has 1 fully saturated rings. The number of carbonyl (C=O) groups is 1. The molecule has 2 aliphatic heterocycles. The van der Waals surface area contributed by atoms with Crippen LogP contribution in [0, 0.1) is 0 Å². The summed E-state index contributed by atoms with van der Waals surface area (Å²) < 4.78 is 5.66. The first kappa shape index (κ1) is 19.4. The van der Waals surface area contributed by atoms with Crippen LogP contribution in [0.1, 0.15) is 24.7 Å². The molecule has 1 aromatic carbocycles. The Morgan fingerprint density at radius 1 is 1.34 bits per heavy atom. The average molecular weight is 395 g/mol. The molecule has 0 saturated carbocycles. The first-order valence-electron chi connectivity index (χ1n) is 9.72. The Labute approximate surface area is 169 Å². The Hall–Kier alpha value is -2.97. The Morgan fingerprint density at radius 2 is 2.10 bits per heavy atom. The number of amides is 1. The highest BCUT2D eigenvalue weighted by Crippen LogP contribution is 2.41. The minimum atomic E-state index is -0.778. The van der Waals surface area contributed by atoms with Crippen LogP contribution in [0.3, 0.4) is 0 Å². The molecule has 1 aromatic heterocycles. The molecule has 29 heavy (non-hydrogen) atoms. The number of aliphatic hydroxyl groups excluding tert-OH is 1. The number of anilines is 2. The van der Waals surface area contributed by atoms with Crippen molar-refractivity contribution in [1.82, 2.24) is 9.97 Å². The van der Waals surface area contributed by atoms with Gasteiger partial charge in [-0.3, -0.25) is 4.79 Å². The number of ether oxygens (including phenoxy) is 1. The van der Waals surface area contributed by atoms with E-state index in [1.54, 1.807) is 30.3 Å². The minimum Gasteiger partial charge on any atom is -0.507 e. The normalized spacial score (nSPS) is 22.1. The number of aromatic nitrogens is 2. The van der Waals surface area contributed by atoms with Gasteiger partial charge in [0.05, 0.1) is 25.0 Å². The second-order valence-electron chi connectivity index (χ2n) is 7.25. The molecular formula is C21H25N5O3. The summed E-state index contributed by atoms with van der Waals surface area (Å²) in [6, 6.07) is 9.18. The lowest BCUT2D eigenvalue weighted by Crippen LogP contribution is -2.68. The van der Waals surface area contributed by atoms with Crippen molar-refractivity contribution in [1.29, 1.82) is 0 Å². The van der Waals surface area contributed by atoms with Crippen molar-refractivity contribution in [3.63, 3.8) is 0 Å². The molecule has 3 heterocycles. The second-order valence-corrected chi connectivity index (χ2v) is 7.25. The predicted octanol–water partition coefficient (Wildman–Crippen LogP) is 1.82. The largest absolute Gasteiger partial charge is 0.507 e. The molecule has 1 unspecified atom stereocenters. The Bertz CT molecular complexity index is 962. The fraction of sp³-hybridized carbons (Fsp3) is 0.381. The van der Waals surface area contributed by atoms with E-state index in [0.29, 0.717) is 54.6 Å². The zero-order chi connectivity index (χ0) is 20.6. The van der Waals surface area contributed by atoms with Crippen molar-refractivity contribution in [2.24, 2.45) is 5.73 Å². The number of hydrogen-bond donors (Lipinski definition) is 2. The quantitative estimate of drug-likeness (QED) is 0.761. The first-order valence-corrected chi connectivity index (χ1v) is 9.72. The number of benzene rings is 1. The van der Waals surface area contributed by atoms with Crippen LogP contribution < -0.4 is 15.5 Å². The summed E-state index contributed by atoms with van der Waals surface area (Å²) in [5, 5.41) is 10.8. The van der Waals surface area contributed by atoms with E-state index < -0.39 is 5.54 Å². The third-order valence-electron chi connectivity index (χ3n) is 5.78. The van der Waals surface area contributed by atoms with Gasteiger partial charge in [0.15, 0.2) is 11.6 Å². The first-order chi connectivity index (χ1) is 14.0. The number of aliphatic hydroxyl groups is 1. The maximum Gasteiger partial charge on any atom is 0.255 e. The van der Waals surface area contributed by atoms with Crippen molar-refractivity contribution >= 4 is 28.7 Å². The molecule has 3 N–H and O–H groups in total. The van der Waals surface area contributed by atoms with Crippen LogP contribution >= 0.6 is 0 Å². The molecule has 1 saturated heterocycles. The van der Waals surface area contributed by atoms with Crippen LogP contribution in [0.25, 0.3) is 11.3 Å². The number of hydrogen-bond acceptors (Lipinski definition) is 7. The molecule has 0 bridgehead atoms. The lowest BCUT2D eigenvalue weighted by molar-refractivity contribution is -0.128. The summed E-state index contributed by atoms with van der Waals surface area (Å²) in [4.78, 5) is 25.9. The number of rotatable bonds is 4. The molecule has 4 rings (SSSR count). The highest BCUT2D eigenvalue weighted by Gasteiger charge is 2.52. The number of likely N-dealkylation sites (N-methyl/N-ethyl adjacent to an activating group) is 1. The van der Waals surface area contributed by atoms with Gasteiger partial charge in [-0.1, -0.05) is 37.3 Å². The molecule has 2 aromatic rings. The molecule has 1 atom stereocenters. The lowest BCUT2D eigenvalue weighted by Gasteiger charge is -2.51. The van der Waals surface area contributed by atoms with Gasteiger partial charge in [0.25, 0.3) is 5.91 Å². The molecule has 8 heteroatoms. The van der Waals surface area contributed by atoms with E-state index in [-0.39, 0.29) is 18.2 Å². The van der Waals surface area contributed by atoms with Gasteiger partial charge in [0, 0.05) is 25.7 Å². The van der Waals surface area contributed by atoms with Crippen molar-refractivity contribution in [2.45, 2.75) is 18.9 Å². The zero-order valence-corrected chi connectivity index (χ0v) is 16.6. The fourth-order valence-electron chi connectivity index (χ4n) is 4.05. The van der Waals surface area contributed by atoms with E-state index in [1.807, 2.05) is 30.0 Å². The van der Waals surface area contributed by atoms with Gasteiger partial charge in [-0.25, -0.2) is 9.97 Å². The molecule has 0 spiro atoms. The number of fused-ring (bicyclic) bond motifs is 3. The van der Waals surface area contributed by atoms with E-state index >= 15 is 0 Å². The molecule has 1 amide bonds. The van der Waals surface area contributed by atoms with E-state index in [1.165, 1.54) is 0 Å². The predicted molar refractivity (Wildman–Crippen MR) is 112 cm³/mol. The number of carbonyl (C=O) groups excluding carboxylic acids is 1. The molecule has 8 nitrogen and oxygen atoms in total. The van der Waals surface area contributed by atoms with Crippen LogP contribution in [-0.2, 0) is 9.53 Å². The third-order valence-corrected chi connectivity index (χ3v) is 5.78. The van der Waals surface area contributed by atoms with Gasteiger partial charge >= 0.3 is 0 Å². The maximum absolute atomic E-state index is 13.1. The zero-order valence-electron chi connectivity index (χ0n) is 16.6. The number of nitrogens with zero attached hydrogens (tertiary/aromatic N) is 4. The topological polar surface area (TPSA) is 105 Å². The van der Waals surface area contributed by atoms with Gasteiger partial charge in [-0.05, 0) is 6.42 Å².